The number of imidazole rings is 1. The summed E-state index contributed by atoms with van der Waals surface area (Å²) in [7, 11) is 0. The maximum absolute atomic E-state index is 13.2. The van der Waals surface area contributed by atoms with Crippen LogP contribution >= 0.6 is 27.5 Å². The van der Waals surface area contributed by atoms with Crippen molar-refractivity contribution < 1.29 is 4.79 Å². The van der Waals surface area contributed by atoms with Crippen LogP contribution < -0.4 is 5.56 Å². The number of H-pyrrole nitrogens is 2. The lowest BCUT2D eigenvalue weighted by atomic mass is 9.94. The lowest BCUT2D eigenvalue weighted by Crippen LogP contribution is -2.18. The molecule has 2 N–H and O–H groups in total. The van der Waals surface area contributed by atoms with Gasteiger partial charge in [-0.2, -0.15) is 0 Å². The molecule has 0 spiro atoms. The van der Waals surface area contributed by atoms with E-state index in [0.29, 0.717) is 27.3 Å². The molecule has 5 aromatic rings. The van der Waals surface area contributed by atoms with Gasteiger partial charge < -0.3 is 9.97 Å². The van der Waals surface area contributed by atoms with Crippen LogP contribution in [-0.2, 0) is 0 Å². The highest BCUT2D eigenvalue weighted by atomic mass is 79.9. The van der Waals surface area contributed by atoms with Gasteiger partial charge in [0, 0.05) is 26.0 Å². The normalized spacial score (nSPS) is 11.6. The highest BCUT2D eigenvalue weighted by Gasteiger charge is 2.19. The number of nitrogens with zero attached hydrogens (tertiary/aromatic N) is 1. The second-order valence-corrected chi connectivity index (χ2v) is 8.59. The molecular formula is C25H15BrClN3O2. The maximum atomic E-state index is 13.2. The first-order valence-corrected chi connectivity index (χ1v) is 11.0. The van der Waals surface area contributed by atoms with Gasteiger partial charge in [0.05, 0.1) is 16.6 Å². The zero-order chi connectivity index (χ0) is 22.2. The molecule has 0 fully saturated rings. The van der Waals surface area contributed by atoms with Crippen molar-refractivity contribution in [3.63, 3.8) is 0 Å². The molecule has 2 aromatic heterocycles. The lowest BCUT2D eigenvalue weighted by molar-refractivity contribution is 0.104. The molecule has 0 bridgehead atoms. The monoisotopic (exact) mass is 503 g/mol. The number of aromatic amines is 2. The van der Waals surface area contributed by atoms with E-state index >= 15 is 0 Å². The van der Waals surface area contributed by atoms with Gasteiger partial charge in [0.1, 0.15) is 5.82 Å². The van der Waals surface area contributed by atoms with Crippen LogP contribution in [0.1, 0.15) is 16.2 Å². The van der Waals surface area contributed by atoms with Crippen molar-refractivity contribution in [1.29, 1.82) is 0 Å². The zero-order valence-corrected chi connectivity index (χ0v) is 18.9. The molecule has 0 aliphatic heterocycles. The Morgan fingerprint density at radius 2 is 1.78 bits per heavy atom. The highest BCUT2D eigenvalue weighted by Crippen LogP contribution is 2.31. The minimum atomic E-state index is -0.457. The number of pyridine rings is 1. The summed E-state index contributed by atoms with van der Waals surface area (Å²) in [5.74, 6) is 0.0987. The number of hydrogen-bond acceptors (Lipinski definition) is 3. The standard InChI is InChI=1S/C25H15BrClN3O2/c26-15-6-8-19-20(12-15)29-22(28-19)11-10-21(31)24-23(14-4-2-1-3-5-14)17-13-16(27)7-9-18(17)30-25(24)32/h1-13H,(H,28,29)(H,30,32)/b11-10+. The number of nitrogens with one attached hydrogen (secondary N) is 2. The van der Waals surface area contributed by atoms with E-state index in [2.05, 4.69) is 30.9 Å². The second-order valence-electron chi connectivity index (χ2n) is 7.24. The topological polar surface area (TPSA) is 78.6 Å². The molecule has 7 heteroatoms. The Hall–Kier alpha value is -3.48. The van der Waals surface area contributed by atoms with Crippen molar-refractivity contribution in [3.05, 3.63) is 104 Å². The SMILES string of the molecule is O=C(/C=C/c1nc2ccc(Br)cc2[nH]1)c1c(-c2ccccc2)c2cc(Cl)ccc2[nH]c1=O. The van der Waals surface area contributed by atoms with Crippen LogP contribution in [0.4, 0.5) is 0 Å². The average molecular weight is 505 g/mol. The predicted octanol–water partition coefficient (Wildman–Crippen LogP) is 6.38. The van der Waals surface area contributed by atoms with Gasteiger partial charge in [-0.05, 0) is 54.1 Å². The molecule has 5 nitrogen and oxygen atoms in total. The van der Waals surface area contributed by atoms with Gasteiger partial charge in [0.2, 0.25) is 0 Å². The number of ketones is 1. The van der Waals surface area contributed by atoms with Gasteiger partial charge in [0.15, 0.2) is 5.78 Å². The van der Waals surface area contributed by atoms with Crippen molar-refractivity contribution in [3.8, 4) is 11.1 Å². The number of carbonyl (C=O) groups excluding carboxylic acids is 1. The third kappa shape index (κ3) is 3.79. The fourth-order valence-electron chi connectivity index (χ4n) is 3.72. The third-order valence-electron chi connectivity index (χ3n) is 5.14. The van der Waals surface area contributed by atoms with Crippen molar-refractivity contribution in [2.45, 2.75) is 0 Å². The van der Waals surface area contributed by atoms with E-state index in [1.165, 1.54) is 6.08 Å². The van der Waals surface area contributed by atoms with E-state index in [-0.39, 0.29) is 5.56 Å². The van der Waals surface area contributed by atoms with Gasteiger partial charge in [-0.3, -0.25) is 9.59 Å². The summed E-state index contributed by atoms with van der Waals surface area (Å²) in [6.07, 6.45) is 2.94. The van der Waals surface area contributed by atoms with E-state index in [9.17, 15) is 9.59 Å². The van der Waals surface area contributed by atoms with Crippen molar-refractivity contribution >= 4 is 61.3 Å². The fourth-order valence-corrected chi connectivity index (χ4v) is 4.26. The molecule has 0 aliphatic rings. The molecular weight excluding hydrogens is 490 g/mol. The largest absolute Gasteiger partial charge is 0.338 e. The summed E-state index contributed by atoms with van der Waals surface area (Å²) in [6, 6.07) is 20.2. The van der Waals surface area contributed by atoms with Crippen molar-refractivity contribution in [1.82, 2.24) is 15.0 Å². The summed E-state index contributed by atoms with van der Waals surface area (Å²) in [6.45, 7) is 0. The van der Waals surface area contributed by atoms with Crippen LogP contribution in [0, 0.1) is 0 Å². The van der Waals surface area contributed by atoms with E-state index < -0.39 is 11.3 Å². The molecule has 156 valence electrons. The van der Waals surface area contributed by atoms with Crippen molar-refractivity contribution in [2.24, 2.45) is 0 Å². The Morgan fingerprint density at radius 1 is 0.969 bits per heavy atom. The number of rotatable bonds is 4. The van der Waals surface area contributed by atoms with Gasteiger partial charge in [0.25, 0.3) is 5.56 Å². The average Bonchev–Trinajstić information content (AvgIpc) is 3.19. The molecule has 32 heavy (non-hydrogen) atoms. The number of fused-ring (bicyclic) bond motifs is 2. The minimum Gasteiger partial charge on any atom is -0.338 e. The molecule has 3 aromatic carbocycles. The second kappa shape index (κ2) is 8.22. The maximum Gasteiger partial charge on any atom is 0.260 e. The van der Waals surface area contributed by atoms with Crippen LogP contribution in [0.5, 0.6) is 0 Å². The number of carbonyl (C=O) groups is 1. The summed E-state index contributed by atoms with van der Waals surface area (Å²) in [5.41, 5.74) is 3.15. The lowest BCUT2D eigenvalue weighted by Gasteiger charge is -2.11. The van der Waals surface area contributed by atoms with Crippen LogP contribution in [0.15, 0.2) is 82.1 Å². The van der Waals surface area contributed by atoms with E-state index in [4.69, 9.17) is 11.6 Å². The Morgan fingerprint density at radius 3 is 2.59 bits per heavy atom. The third-order valence-corrected chi connectivity index (χ3v) is 5.87. The van der Waals surface area contributed by atoms with Gasteiger partial charge in [-0.1, -0.05) is 57.9 Å². The molecule has 0 radical (unpaired) electrons. The minimum absolute atomic E-state index is 0.0565. The fraction of sp³-hybridized carbons (Fsp3) is 0. The van der Waals surface area contributed by atoms with Gasteiger partial charge >= 0.3 is 0 Å². The quantitative estimate of drug-likeness (QED) is 0.220. The smallest absolute Gasteiger partial charge is 0.260 e. The summed E-state index contributed by atoms with van der Waals surface area (Å²) in [5, 5.41) is 1.22. The molecule has 0 aliphatic carbocycles. The van der Waals surface area contributed by atoms with Crippen LogP contribution in [0.25, 0.3) is 39.1 Å². The van der Waals surface area contributed by atoms with Gasteiger partial charge in [-0.15, -0.1) is 0 Å². The Kier molecular flexibility index (Phi) is 5.25. The summed E-state index contributed by atoms with van der Waals surface area (Å²) < 4.78 is 0.925. The Bertz CT molecular complexity index is 1590. The first-order chi connectivity index (χ1) is 15.5. The first kappa shape index (κ1) is 20.4. The molecule has 0 atom stereocenters. The number of aromatic nitrogens is 3. The Labute approximate surface area is 195 Å². The van der Waals surface area contributed by atoms with E-state index in [0.717, 1.165) is 21.1 Å². The number of halogens is 2. The number of hydrogen-bond donors (Lipinski definition) is 2. The summed E-state index contributed by atoms with van der Waals surface area (Å²) in [4.78, 5) is 36.6. The number of benzene rings is 3. The molecule has 0 unspecified atom stereocenters. The molecule has 2 heterocycles. The van der Waals surface area contributed by atoms with Gasteiger partial charge in [-0.25, -0.2) is 4.98 Å². The molecule has 0 saturated carbocycles. The zero-order valence-electron chi connectivity index (χ0n) is 16.5. The molecule has 0 saturated heterocycles. The first-order valence-electron chi connectivity index (χ1n) is 9.78. The van der Waals surface area contributed by atoms with E-state index in [1.54, 1.807) is 24.3 Å². The molecule has 5 rings (SSSR count). The van der Waals surface area contributed by atoms with Crippen LogP contribution in [0.2, 0.25) is 5.02 Å². The Balaban J connectivity index is 1.65. The van der Waals surface area contributed by atoms with Crippen LogP contribution in [0.3, 0.4) is 0 Å². The van der Waals surface area contributed by atoms with E-state index in [1.807, 2.05) is 48.5 Å². The summed E-state index contributed by atoms with van der Waals surface area (Å²) >= 11 is 9.66. The number of allylic oxidation sites excluding steroid dienone is 1. The molecule has 0 amide bonds. The predicted molar refractivity (Wildman–Crippen MR) is 132 cm³/mol. The van der Waals surface area contributed by atoms with Crippen LogP contribution in [-0.4, -0.2) is 20.7 Å². The highest BCUT2D eigenvalue weighted by molar-refractivity contribution is 9.10. The van der Waals surface area contributed by atoms with Crippen molar-refractivity contribution in [2.75, 3.05) is 0 Å².